The zero-order valence-corrected chi connectivity index (χ0v) is 17.7. The molecule has 0 atom stereocenters. The number of terminal acetylenes is 1. The third-order valence-corrected chi connectivity index (χ3v) is 4.92. The van der Waals surface area contributed by atoms with Gasteiger partial charge in [-0.05, 0) is 42.3 Å². The van der Waals surface area contributed by atoms with Gasteiger partial charge in [0, 0.05) is 17.8 Å². The summed E-state index contributed by atoms with van der Waals surface area (Å²) in [7, 11) is 0. The number of nitrogens with two attached hydrogens (primary N) is 1. The number of amides is 1. The number of hydrogen-bond acceptors (Lipinski definition) is 5. The predicted molar refractivity (Wildman–Crippen MR) is 130 cm³/mol. The normalized spacial score (nSPS) is 10.2. The van der Waals surface area contributed by atoms with E-state index in [1.165, 1.54) is 0 Å². The second-order valence-corrected chi connectivity index (χ2v) is 7.14. The number of imidazole rings is 1. The van der Waals surface area contributed by atoms with E-state index in [-0.39, 0.29) is 5.56 Å². The van der Waals surface area contributed by atoms with Crippen molar-refractivity contribution in [1.29, 1.82) is 0 Å². The van der Waals surface area contributed by atoms with Crippen molar-refractivity contribution in [3.05, 3.63) is 69.6 Å². The average molecular weight is 449 g/mol. The maximum atomic E-state index is 12.6. The second kappa shape index (κ2) is 10.2. The number of rotatable bonds is 7. The minimum atomic E-state index is -0.277. The van der Waals surface area contributed by atoms with Crippen LogP contribution in [0.15, 0.2) is 53.5 Å². The number of fused-ring (bicyclic) bond motifs is 1. The Morgan fingerprint density at radius 2 is 1.97 bits per heavy atom. The van der Waals surface area contributed by atoms with Crippen molar-refractivity contribution in [3.63, 3.8) is 0 Å². The number of nitrogens with one attached hydrogen (secondary N) is 4. The summed E-state index contributed by atoms with van der Waals surface area (Å²) in [4.78, 5) is 33.7. The molecule has 0 unspecified atom stereocenters. The topological polar surface area (TPSA) is 129 Å². The van der Waals surface area contributed by atoms with Crippen LogP contribution in [0.3, 0.4) is 0 Å². The zero-order valence-electron chi connectivity index (χ0n) is 17.0. The van der Waals surface area contributed by atoms with Crippen LogP contribution in [-0.4, -0.2) is 27.9 Å². The summed E-state index contributed by atoms with van der Waals surface area (Å²) >= 11 is 6.04. The number of carbonyl (C=O) groups excluding carboxylic acids is 1. The molecule has 4 rings (SSSR count). The molecule has 8 nitrogen and oxygen atoms in total. The van der Waals surface area contributed by atoms with Crippen molar-refractivity contribution < 1.29 is 4.79 Å². The molecule has 9 heteroatoms. The molecule has 32 heavy (non-hydrogen) atoms. The molecule has 1 amide bonds. The Morgan fingerprint density at radius 3 is 2.72 bits per heavy atom. The van der Waals surface area contributed by atoms with E-state index in [9.17, 15) is 9.59 Å². The first-order valence-electron chi connectivity index (χ1n) is 9.58. The van der Waals surface area contributed by atoms with Gasteiger partial charge >= 0.3 is 0 Å². The van der Waals surface area contributed by atoms with E-state index in [1.54, 1.807) is 24.4 Å². The second-order valence-electron chi connectivity index (χ2n) is 6.71. The quantitative estimate of drug-likeness (QED) is 0.167. The standard InChI is InChI=1S/C21H19ClN6O2.C2H2/c22-13-3-1-2-12(8-13)4-6-24-15-5-7-25-21(30)19(15)20-27-17-9-14(23)16(26-11-29)10-18(17)28-20;1-2/h1-3,5,7-11H,4,6,23H2,(H,26,29)(H,27,28)(H2,24,25,30);1-2H. The summed E-state index contributed by atoms with van der Waals surface area (Å²) in [6, 6.07) is 12.8. The Hall–Kier alpha value is -4.22. The zero-order chi connectivity index (χ0) is 23.1. The molecule has 0 saturated carbocycles. The first-order valence-corrected chi connectivity index (χ1v) is 9.96. The van der Waals surface area contributed by atoms with Gasteiger partial charge in [-0.15, -0.1) is 12.8 Å². The lowest BCUT2D eigenvalue weighted by Gasteiger charge is -2.10. The van der Waals surface area contributed by atoms with Crippen molar-refractivity contribution in [3.8, 4) is 24.2 Å². The Bertz CT molecular complexity index is 1330. The minimum absolute atomic E-state index is 0.277. The van der Waals surface area contributed by atoms with Crippen molar-refractivity contribution in [2.75, 3.05) is 22.9 Å². The number of hydrogen-bond donors (Lipinski definition) is 5. The van der Waals surface area contributed by atoms with E-state index in [4.69, 9.17) is 17.3 Å². The highest BCUT2D eigenvalue weighted by Crippen LogP contribution is 2.28. The molecule has 0 radical (unpaired) electrons. The van der Waals surface area contributed by atoms with E-state index in [0.717, 1.165) is 12.0 Å². The van der Waals surface area contributed by atoms with Gasteiger partial charge in [-0.25, -0.2) is 4.98 Å². The molecule has 0 aliphatic heterocycles. The third kappa shape index (κ3) is 4.91. The number of H-pyrrole nitrogens is 2. The molecule has 0 spiro atoms. The van der Waals surface area contributed by atoms with Gasteiger partial charge in [-0.3, -0.25) is 9.59 Å². The summed E-state index contributed by atoms with van der Waals surface area (Å²) in [6.45, 7) is 0.609. The first kappa shape index (κ1) is 22.5. The van der Waals surface area contributed by atoms with E-state index in [1.807, 2.05) is 24.3 Å². The van der Waals surface area contributed by atoms with E-state index >= 15 is 0 Å². The summed E-state index contributed by atoms with van der Waals surface area (Å²) in [5.41, 5.74) is 9.90. The van der Waals surface area contributed by atoms with E-state index < -0.39 is 0 Å². The number of pyridine rings is 1. The van der Waals surface area contributed by atoms with Crippen LogP contribution >= 0.6 is 11.6 Å². The highest BCUT2D eigenvalue weighted by atomic mass is 35.5. The smallest absolute Gasteiger partial charge is 0.261 e. The van der Waals surface area contributed by atoms with Crippen molar-refractivity contribution in [2.45, 2.75) is 6.42 Å². The maximum Gasteiger partial charge on any atom is 0.261 e. The van der Waals surface area contributed by atoms with Crippen LogP contribution in [0.4, 0.5) is 17.1 Å². The number of anilines is 3. The molecule has 0 aliphatic carbocycles. The van der Waals surface area contributed by atoms with Gasteiger partial charge < -0.3 is 26.3 Å². The number of aromatic nitrogens is 3. The highest BCUT2D eigenvalue weighted by molar-refractivity contribution is 6.30. The van der Waals surface area contributed by atoms with Crippen LogP contribution in [0.2, 0.25) is 5.02 Å². The van der Waals surface area contributed by atoms with Crippen LogP contribution in [-0.2, 0) is 11.2 Å². The van der Waals surface area contributed by atoms with Gasteiger partial charge in [-0.1, -0.05) is 23.7 Å². The molecule has 0 fully saturated rings. The van der Waals surface area contributed by atoms with Crippen molar-refractivity contribution in [2.24, 2.45) is 0 Å². The molecule has 0 saturated heterocycles. The Balaban J connectivity index is 0.00000141. The predicted octanol–water partition coefficient (Wildman–Crippen LogP) is 3.63. The van der Waals surface area contributed by atoms with Gasteiger partial charge in [0.15, 0.2) is 0 Å². The Labute approximate surface area is 189 Å². The largest absolute Gasteiger partial charge is 0.397 e. The van der Waals surface area contributed by atoms with Gasteiger partial charge in [-0.2, -0.15) is 0 Å². The van der Waals surface area contributed by atoms with Crippen molar-refractivity contribution in [1.82, 2.24) is 15.0 Å². The monoisotopic (exact) mass is 448 g/mol. The molecular weight excluding hydrogens is 428 g/mol. The number of nitrogen functional groups attached to an aromatic ring is 1. The molecule has 162 valence electrons. The summed E-state index contributed by atoms with van der Waals surface area (Å²) < 4.78 is 0. The van der Waals surface area contributed by atoms with Gasteiger partial charge in [0.25, 0.3) is 5.56 Å². The number of carbonyl (C=O) groups is 1. The molecule has 0 aliphatic rings. The molecule has 0 bridgehead atoms. The number of nitrogens with zero attached hydrogens (tertiary/aromatic N) is 1. The third-order valence-electron chi connectivity index (χ3n) is 4.68. The molecule has 4 aromatic rings. The first-order chi connectivity index (χ1) is 15.5. The van der Waals surface area contributed by atoms with Crippen LogP contribution in [0.25, 0.3) is 22.4 Å². The maximum absolute atomic E-state index is 12.6. The molecule has 2 aromatic heterocycles. The number of aromatic amines is 2. The average Bonchev–Trinajstić information content (AvgIpc) is 3.18. The fourth-order valence-corrected chi connectivity index (χ4v) is 3.49. The lowest BCUT2D eigenvalue weighted by Crippen LogP contribution is -2.14. The lowest BCUT2D eigenvalue weighted by atomic mass is 10.1. The number of halogens is 1. The van der Waals surface area contributed by atoms with Crippen molar-refractivity contribution >= 4 is 46.1 Å². The van der Waals surface area contributed by atoms with Gasteiger partial charge in [0.05, 0.1) is 28.1 Å². The number of benzene rings is 2. The summed E-state index contributed by atoms with van der Waals surface area (Å²) in [5, 5.41) is 6.53. The van der Waals surface area contributed by atoms with Gasteiger partial charge in [0.2, 0.25) is 6.41 Å². The Kier molecular flexibility index (Phi) is 7.16. The molecule has 6 N–H and O–H groups in total. The van der Waals surface area contributed by atoms with Crippen LogP contribution in [0, 0.1) is 12.8 Å². The summed E-state index contributed by atoms with van der Waals surface area (Å²) in [5.74, 6) is 0.403. The minimum Gasteiger partial charge on any atom is -0.397 e. The van der Waals surface area contributed by atoms with E-state index in [0.29, 0.717) is 57.5 Å². The fraction of sp³-hybridized carbons (Fsp3) is 0.0870. The molecular formula is C23H21ClN6O2. The lowest BCUT2D eigenvalue weighted by molar-refractivity contribution is -0.105. The highest BCUT2D eigenvalue weighted by Gasteiger charge is 2.15. The SMILES string of the molecule is C#C.Nc1cc2[nH]c(-c3c(NCCc4cccc(Cl)c4)cc[nH]c3=O)nc2cc1NC=O. The van der Waals surface area contributed by atoms with Gasteiger partial charge in [0.1, 0.15) is 11.4 Å². The summed E-state index contributed by atoms with van der Waals surface area (Å²) in [6.07, 6.45) is 10.9. The van der Waals surface area contributed by atoms with Crippen LogP contribution < -0.4 is 21.9 Å². The van der Waals surface area contributed by atoms with Crippen LogP contribution in [0.1, 0.15) is 5.56 Å². The van der Waals surface area contributed by atoms with Crippen LogP contribution in [0.5, 0.6) is 0 Å². The molecule has 2 aromatic carbocycles. The van der Waals surface area contributed by atoms with E-state index in [2.05, 4.69) is 38.4 Å². The fourth-order valence-electron chi connectivity index (χ4n) is 3.28. The molecule has 2 heterocycles. The Morgan fingerprint density at radius 1 is 1.16 bits per heavy atom.